The average molecular weight is 320 g/mol. The Balaban J connectivity index is 4.95. The van der Waals surface area contributed by atoms with Crippen LogP contribution in [-0.2, 0) is 23.1 Å². The van der Waals surface area contributed by atoms with Gasteiger partial charge in [-0.2, -0.15) is 13.2 Å². The summed E-state index contributed by atoms with van der Waals surface area (Å²) in [5.41, 5.74) is 0. The molecule has 120 valence electrons. The number of hydrogen-bond donors (Lipinski definition) is 0. The third-order valence-electron chi connectivity index (χ3n) is 2.13. The van der Waals surface area contributed by atoms with Crippen LogP contribution in [0, 0.1) is 0 Å². The third-order valence-corrected chi connectivity index (χ3v) is 4.22. The second kappa shape index (κ2) is 8.64. The van der Waals surface area contributed by atoms with Crippen molar-refractivity contribution in [2.75, 3.05) is 19.4 Å². The Labute approximate surface area is 116 Å². The number of alkyl halides is 3. The quantitative estimate of drug-likeness (QED) is 0.480. The summed E-state index contributed by atoms with van der Waals surface area (Å²) < 4.78 is 64.4. The van der Waals surface area contributed by atoms with E-state index in [0.29, 0.717) is 6.42 Å². The van der Waals surface area contributed by atoms with Crippen LogP contribution in [0.3, 0.4) is 0 Å². The molecular weight excluding hydrogens is 300 g/mol. The van der Waals surface area contributed by atoms with Crippen molar-refractivity contribution in [1.82, 2.24) is 0 Å². The van der Waals surface area contributed by atoms with Crippen LogP contribution in [0.5, 0.6) is 0 Å². The molecule has 0 aliphatic rings. The van der Waals surface area contributed by atoms with Crippen LogP contribution in [-0.4, -0.2) is 37.6 Å². The summed E-state index contributed by atoms with van der Waals surface area (Å²) in [7, 11) is -3.94. The van der Waals surface area contributed by atoms with E-state index < -0.39 is 32.0 Å². The largest absolute Gasteiger partial charge is 0.452 e. The molecule has 0 aromatic carbocycles. The predicted molar refractivity (Wildman–Crippen MR) is 66.6 cm³/mol. The number of rotatable bonds is 9. The molecule has 0 saturated heterocycles. The van der Waals surface area contributed by atoms with Crippen LogP contribution in [0.4, 0.5) is 13.2 Å². The van der Waals surface area contributed by atoms with Crippen molar-refractivity contribution < 1.29 is 36.3 Å². The average Bonchev–Trinajstić information content (AvgIpc) is 2.27. The molecular formula is C11H20F3O5P. The molecule has 0 heterocycles. The first-order valence-electron chi connectivity index (χ1n) is 6.32. The van der Waals surface area contributed by atoms with Crippen LogP contribution >= 0.6 is 7.60 Å². The van der Waals surface area contributed by atoms with Gasteiger partial charge in [0.15, 0.2) is 0 Å². The van der Waals surface area contributed by atoms with Gasteiger partial charge < -0.3 is 13.8 Å². The van der Waals surface area contributed by atoms with E-state index in [1.807, 2.05) is 0 Å². The summed E-state index contributed by atoms with van der Waals surface area (Å²) in [5.74, 6) is -0.991. The highest BCUT2D eigenvalue weighted by Crippen LogP contribution is 2.50. The second-order valence-electron chi connectivity index (χ2n) is 3.90. The Morgan fingerprint density at radius 2 is 1.65 bits per heavy atom. The van der Waals surface area contributed by atoms with Gasteiger partial charge in [0.2, 0.25) is 6.10 Å². The highest BCUT2D eigenvalue weighted by molar-refractivity contribution is 7.53. The minimum Gasteiger partial charge on any atom is -0.452 e. The maximum atomic E-state index is 12.8. The van der Waals surface area contributed by atoms with Crippen molar-refractivity contribution in [3.05, 3.63) is 0 Å². The van der Waals surface area contributed by atoms with Gasteiger partial charge in [-0.15, -0.1) is 0 Å². The van der Waals surface area contributed by atoms with Crippen molar-refractivity contribution in [3.8, 4) is 0 Å². The van der Waals surface area contributed by atoms with Crippen LogP contribution in [0.2, 0.25) is 0 Å². The molecule has 9 heteroatoms. The first-order chi connectivity index (χ1) is 9.18. The first-order valence-corrected chi connectivity index (χ1v) is 8.05. The van der Waals surface area contributed by atoms with Crippen LogP contribution in [0.15, 0.2) is 0 Å². The second-order valence-corrected chi connectivity index (χ2v) is 6.00. The van der Waals surface area contributed by atoms with Crippen LogP contribution < -0.4 is 0 Å². The molecule has 20 heavy (non-hydrogen) atoms. The molecule has 0 aromatic heterocycles. The molecule has 0 spiro atoms. The number of halogens is 3. The van der Waals surface area contributed by atoms with Gasteiger partial charge in [-0.25, -0.2) is 0 Å². The van der Waals surface area contributed by atoms with Crippen molar-refractivity contribution in [1.29, 1.82) is 0 Å². The Kier molecular flexibility index (Phi) is 8.39. The fourth-order valence-electron chi connectivity index (χ4n) is 1.37. The van der Waals surface area contributed by atoms with Crippen LogP contribution in [0.1, 0.15) is 33.6 Å². The lowest BCUT2D eigenvalue weighted by Gasteiger charge is -2.24. The van der Waals surface area contributed by atoms with E-state index in [-0.39, 0.29) is 19.6 Å². The number of carbonyl (C=O) groups is 1. The molecule has 0 aliphatic heterocycles. The maximum absolute atomic E-state index is 12.8. The summed E-state index contributed by atoms with van der Waals surface area (Å²) >= 11 is 0. The van der Waals surface area contributed by atoms with Gasteiger partial charge >= 0.3 is 19.7 Å². The van der Waals surface area contributed by atoms with Gasteiger partial charge in [0.1, 0.15) is 0 Å². The Hall–Kier alpha value is -0.590. The maximum Gasteiger partial charge on any atom is 0.426 e. The normalized spacial score (nSPS) is 14.1. The zero-order valence-corrected chi connectivity index (χ0v) is 12.6. The zero-order chi connectivity index (χ0) is 15.8. The Morgan fingerprint density at radius 3 is 2.00 bits per heavy atom. The van der Waals surface area contributed by atoms with E-state index in [9.17, 15) is 22.5 Å². The lowest BCUT2D eigenvalue weighted by Crippen LogP contribution is -2.37. The molecule has 0 rings (SSSR count). The van der Waals surface area contributed by atoms with Gasteiger partial charge in [0.25, 0.3) is 0 Å². The molecule has 0 bridgehead atoms. The molecule has 5 nitrogen and oxygen atoms in total. The number of esters is 1. The number of ether oxygens (including phenoxy) is 1. The molecule has 0 radical (unpaired) electrons. The van der Waals surface area contributed by atoms with Gasteiger partial charge in [-0.3, -0.25) is 9.36 Å². The first kappa shape index (κ1) is 19.4. The number of carbonyl (C=O) groups excluding carboxylic acids is 1. The fourth-order valence-corrected chi connectivity index (χ4v) is 3.13. The van der Waals surface area contributed by atoms with Gasteiger partial charge in [0, 0.05) is 6.42 Å². The lowest BCUT2D eigenvalue weighted by atomic mass is 10.3. The SMILES string of the molecule is CCCC(=O)OC(CP(=O)(OCC)OCC)C(F)(F)F. The lowest BCUT2D eigenvalue weighted by molar-refractivity contribution is -0.215. The zero-order valence-electron chi connectivity index (χ0n) is 11.7. The minimum absolute atomic E-state index is 0.0647. The van der Waals surface area contributed by atoms with Crippen molar-refractivity contribution in [2.45, 2.75) is 45.9 Å². The molecule has 0 amide bonds. The summed E-state index contributed by atoms with van der Waals surface area (Å²) in [6.45, 7) is 4.47. The Bertz CT molecular complexity index is 335. The molecule has 0 N–H and O–H groups in total. The van der Waals surface area contributed by atoms with Gasteiger partial charge in [-0.1, -0.05) is 6.92 Å². The third kappa shape index (κ3) is 7.26. The van der Waals surface area contributed by atoms with Crippen molar-refractivity contribution in [2.24, 2.45) is 0 Å². The molecule has 0 aliphatic carbocycles. The molecule has 0 saturated carbocycles. The highest BCUT2D eigenvalue weighted by Gasteiger charge is 2.47. The number of hydrogen-bond acceptors (Lipinski definition) is 5. The highest BCUT2D eigenvalue weighted by atomic mass is 31.2. The molecule has 0 fully saturated rings. The smallest absolute Gasteiger partial charge is 0.426 e. The fraction of sp³-hybridized carbons (Fsp3) is 0.909. The summed E-state index contributed by atoms with van der Waals surface area (Å²) in [5, 5.41) is 0. The standard InChI is InChI=1S/C11H20F3O5P/c1-4-7-10(15)19-9(11(12,13)14)8-20(16,17-5-2)18-6-3/h9H,4-8H2,1-3H3. The van der Waals surface area contributed by atoms with Crippen LogP contribution in [0.25, 0.3) is 0 Å². The minimum atomic E-state index is -4.83. The summed E-state index contributed by atoms with van der Waals surface area (Å²) in [6.07, 6.45) is -8.13. The Morgan fingerprint density at radius 1 is 1.15 bits per heavy atom. The topological polar surface area (TPSA) is 61.8 Å². The summed E-state index contributed by atoms with van der Waals surface area (Å²) in [4.78, 5) is 11.2. The van der Waals surface area contributed by atoms with Gasteiger partial charge in [0.05, 0.1) is 19.4 Å². The van der Waals surface area contributed by atoms with E-state index in [2.05, 4.69) is 4.74 Å². The van der Waals surface area contributed by atoms with E-state index in [4.69, 9.17) is 9.05 Å². The van der Waals surface area contributed by atoms with E-state index in [0.717, 1.165) is 0 Å². The van der Waals surface area contributed by atoms with E-state index in [1.54, 1.807) is 6.92 Å². The van der Waals surface area contributed by atoms with Crippen molar-refractivity contribution >= 4 is 13.6 Å². The van der Waals surface area contributed by atoms with Gasteiger partial charge in [-0.05, 0) is 20.3 Å². The molecule has 1 atom stereocenters. The van der Waals surface area contributed by atoms with Crippen molar-refractivity contribution in [3.63, 3.8) is 0 Å². The van der Waals surface area contributed by atoms with E-state index >= 15 is 0 Å². The predicted octanol–water partition coefficient (Wildman–Crippen LogP) is 3.53. The molecule has 1 unspecified atom stereocenters. The summed E-state index contributed by atoms with van der Waals surface area (Å²) in [6, 6.07) is 0. The monoisotopic (exact) mass is 320 g/mol. The van der Waals surface area contributed by atoms with E-state index in [1.165, 1.54) is 13.8 Å². The molecule has 0 aromatic rings.